The van der Waals surface area contributed by atoms with Gasteiger partial charge in [0.15, 0.2) is 0 Å². The topological polar surface area (TPSA) is 51.7 Å². The zero-order valence-corrected chi connectivity index (χ0v) is 14.8. The molecule has 0 N–H and O–H groups in total. The number of fused-ring (bicyclic) bond motifs is 1. The number of methoxy groups -OCH3 is 1. The van der Waals surface area contributed by atoms with Crippen molar-refractivity contribution < 1.29 is 18.7 Å². The standard InChI is InChI=1S/C19H23FN2O3/c1-4-25-19(23)16-11-21-17-12(2)9-13(20)10-15(17)18(16)22-7-5-14(24-3)6-8-22/h9-11,14H,4-8H2,1-3H3. The fourth-order valence-corrected chi connectivity index (χ4v) is 3.44. The highest BCUT2D eigenvalue weighted by atomic mass is 19.1. The second kappa shape index (κ2) is 7.35. The molecule has 134 valence electrons. The van der Waals surface area contributed by atoms with Gasteiger partial charge in [-0.1, -0.05) is 0 Å². The third-order valence-corrected chi connectivity index (χ3v) is 4.69. The van der Waals surface area contributed by atoms with Gasteiger partial charge in [0.1, 0.15) is 11.4 Å². The summed E-state index contributed by atoms with van der Waals surface area (Å²) in [6, 6.07) is 2.91. The van der Waals surface area contributed by atoms with E-state index in [1.54, 1.807) is 20.2 Å². The van der Waals surface area contributed by atoms with Crippen LogP contribution in [0.4, 0.5) is 10.1 Å². The van der Waals surface area contributed by atoms with Crippen molar-refractivity contribution in [3.8, 4) is 0 Å². The number of halogens is 1. The third kappa shape index (κ3) is 3.44. The first-order valence-corrected chi connectivity index (χ1v) is 8.58. The summed E-state index contributed by atoms with van der Waals surface area (Å²) in [5.41, 5.74) is 2.55. The summed E-state index contributed by atoms with van der Waals surface area (Å²) in [6.45, 7) is 5.34. The largest absolute Gasteiger partial charge is 0.462 e. The minimum Gasteiger partial charge on any atom is -0.462 e. The molecule has 2 aromatic rings. The average molecular weight is 346 g/mol. The van der Waals surface area contributed by atoms with Crippen LogP contribution in [0.25, 0.3) is 10.9 Å². The predicted molar refractivity (Wildman–Crippen MR) is 94.6 cm³/mol. The van der Waals surface area contributed by atoms with Crippen molar-refractivity contribution in [3.63, 3.8) is 0 Å². The normalized spacial score (nSPS) is 15.6. The van der Waals surface area contributed by atoms with Crippen molar-refractivity contribution in [2.75, 3.05) is 31.7 Å². The molecule has 1 saturated heterocycles. The Morgan fingerprint density at radius 2 is 2.08 bits per heavy atom. The van der Waals surface area contributed by atoms with Crippen LogP contribution in [0.1, 0.15) is 35.7 Å². The molecule has 0 spiro atoms. The van der Waals surface area contributed by atoms with Crippen LogP contribution in [0, 0.1) is 12.7 Å². The molecule has 3 rings (SSSR count). The van der Waals surface area contributed by atoms with Gasteiger partial charge in [-0.2, -0.15) is 0 Å². The second-order valence-electron chi connectivity index (χ2n) is 6.28. The molecular formula is C19H23FN2O3. The van der Waals surface area contributed by atoms with Crippen LogP contribution >= 0.6 is 0 Å². The number of carbonyl (C=O) groups excluding carboxylic acids is 1. The van der Waals surface area contributed by atoms with E-state index < -0.39 is 5.97 Å². The van der Waals surface area contributed by atoms with Gasteiger partial charge in [0, 0.05) is 31.8 Å². The summed E-state index contributed by atoms with van der Waals surface area (Å²) in [6.07, 6.45) is 3.48. The van der Waals surface area contributed by atoms with E-state index in [0.717, 1.165) is 31.5 Å². The van der Waals surface area contributed by atoms with Gasteiger partial charge in [0.05, 0.1) is 23.9 Å². The number of esters is 1. The van der Waals surface area contributed by atoms with Gasteiger partial charge in [0.25, 0.3) is 0 Å². The van der Waals surface area contributed by atoms with Crippen molar-refractivity contribution in [1.82, 2.24) is 4.98 Å². The quantitative estimate of drug-likeness (QED) is 0.794. The van der Waals surface area contributed by atoms with Crippen molar-refractivity contribution in [1.29, 1.82) is 0 Å². The lowest BCUT2D eigenvalue weighted by Gasteiger charge is -2.34. The van der Waals surface area contributed by atoms with Gasteiger partial charge in [0.2, 0.25) is 0 Å². The van der Waals surface area contributed by atoms with Gasteiger partial charge in [-0.15, -0.1) is 0 Å². The first-order valence-electron chi connectivity index (χ1n) is 8.58. The van der Waals surface area contributed by atoms with Crippen LogP contribution in [-0.2, 0) is 9.47 Å². The molecule has 1 aromatic heterocycles. The molecule has 0 bridgehead atoms. The van der Waals surface area contributed by atoms with Crippen molar-refractivity contribution in [2.45, 2.75) is 32.8 Å². The highest BCUT2D eigenvalue weighted by Crippen LogP contribution is 2.34. The van der Waals surface area contributed by atoms with E-state index in [9.17, 15) is 9.18 Å². The molecule has 6 heteroatoms. The lowest BCUT2D eigenvalue weighted by molar-refractivity contribution is 0.0526. The molecule has 0 amide bonds. The lowest BCUT2D eigenvalue weighted by atomic mass is 10.0. The SMILES string of the molecule is CCOC(=O)c1cnc2c(C)cc(F)cc2c1N1CCC(OC)CC1. The number of ether oxygens (including phenoxy) is 2. The van der Waals surface area contributed by atoms with Crippen LogP contribution in [-0.4, -0.2) is 43.9 Å². The van der Waals surface area contributed by atoms with E-state index in [-0.39, 0.29) is 18.5 Å². The number of carbonyl (C=O) groups is 1. The van der Waals surface area contributed by atoms with E-state index in [2.05, 4.69) is 9.88 Å². The monoisotopic (exact) mass is 346 g/mol. The predicted octanol–water partition coefficient (Wildman–Crippen LogP) is 3.47. The molecule has 0 atom stereocenters. The maximum atomic E-state index is 14.1. The summed E-state index contributed by atoms with van der Waals surface area (Å²) in [5, 5.41) is 0.652. The van der Waals surface area contributed by atoms with E-state index in [4.69, 9.17) is 9.47 Å². The molecular weight excluding hydrogens is 323 g/mol. The Kier molecular flexibility index (Phi) is 5.18. The first-order chi connectivity index (χ1) is 12.0. The number of piperidine rings is 1. The maximum absolute atomic E-state index is 14.1. The summed E-state index contributed by atoms with van der Waals surface area (Å²) in [4.78, 5) is 18.9. The summed E-state index contributed by atoms with van der Waals surface area (Å²) >= 11 is 0. The Morgan fingerprint density at radius 1 is 1.36 bits per heavy atom. The van der Waals surface area contributed by atoms with E-state index in [0.29, 0.717) is 22.2 Å². The first kappa shape index (κ1) is 17.6. The molecule has 0 aliphatic carbocycles. The fourth-order valence-electron chi connectivity index (χ4n) is 3.44. The third-order valence-electron chi connectivity index (χ3n) is 4.69. The Labute approximate surface area is 146 Å². The van der Waals surface area contributed by atoms with Crippen LogP contribution in [0.5, 0.6) is 0 Å². The van der Waals surface area contributed by atoms with Gasteiger partial charge >= 0.3 is 5.97 Å². The molecule has 1 aromatic carbocycles. The van der Waals surface area contributed by atoms with Crippen LogP contribution in [0.3, 0.4) is 0 Å². The smallest absolute Gasteiger partial charge is 0.341 e. The maximum Gasteiger partial charge on any atom is 0.341 e. The molecule has 0 saturated carbocycles. The summed E-state index contributed by atoms with van der Waals surface area (Å²) in [5.74, 6) is -0.761. The van der Waals surface area contributed by atoms with E-state index in [1.165, 1.54) is 12.1 Å². The van der Waals surface area contributed by atoms with Gasteiger partial charge in [-0.25, -0.2) is 9.18 Å². The fraction of sp³-hybridized carbons (Fsp3) is 0.474. The number of aromatic nitrogens is 1. The molecule has 2 heterocycles. The number of benzene rings is 1. The number of pyridine rings is 1. The number of anilines is 1. The minimum atomic E-state index is -0.428. The number of hydrogen-bond donors (Lipinski definition) is 0. The van der Waals surface area contributed by atoms with Gasteiger partial charge in [-0.3, -0.25) is 4.98 Å². The molecule has 0 unspecified atom stereocenters. The van der Waals surface area contributed by atoms with Crippen molar-refractivity contribution in [2.24, 2.45) is 0 Å². The Morgan fingerprint density at radius 3 is 2.72 bits per heavy atom. The Balaban J connectivity index is 2.14. The zero-order valence-electron chi connectivity index (χ0n) is 14.8. The van der Waals surface area contributed by atoms with Crippen LogP contribution < -0.4 is 4.90 Å². The highest BCUT2D eigenvalue weighted by molar-refractivity contribution is 6.06. The summed E-state index contributed by atoms with van der Waals surface area (Å²) < 4.78 is 24.7. The number of aryl methyl sites for hydroxylation is 1. The van der Waals surface area contributed by atoms with Gasteiger partial charge < -0.3 is 14.4 Å². The van der Waals surface area contributed by atoms with E-state index in [1.807, 2.05) is 6.92 Å². The molecule has 5 nitrogen and oxygen atoms in total. The molecule has 1 aliphatic rings. The number of hydrogen-bond acceptors (Lipinski definition) is 5. The summed E-state index contributed by atoms with van der Waals surface area (Å²) in [7, 11) is 1.71. The van der Waals surface area contributed by atoms with Crippen LogP contribution in [0.2, 0.25) is 0 Å². The lowest BCUT2D eigenvalue weighted by Crippen LogP contribution is -2.37. The van der Waals surface area contributed by atoms with Crippen LogP contribution in [0.15, 0.2) is 18.3 Å². The number of nitrogens with zero attached hydrogens (tertiary/aromatic N) is 2. The molecule has 1 aliphatic heterocycles. The zero-order chi connectivity index (χ0) is 18.0. The Hall–Kier alpha value is -2.21. The van der Waals surface area contributed by atoms with Gasteiger partial charge in [-0.05, 0) is 44.4 Å². The molecule has 0 radical (unpaired) electrons. The molecule has 25 heavy (non-hydrogen) atoms. The highest BCUT2D eigenvalue weighted by Gasteiger charge is 2.26. The Bertz CT molecular complexity index is 786. The second-order valence-corrected chi connectivity index (χ2v) is 6.28. The number of rotatable bonds is 4. The van der Waals surface area contributed by atoms with E-state index >= 15 is 0 Å². The molecule has 1 fully saturated rings. The van der Waals surface area contributed by atoms with Crippen molar-refractivity contribution in [3.05, 3.63) is 35.3 Å². The van der Waals surface area contributed by atoms with Crippen molar-refractivity contribution >= 4 is 22.6 Å². The average Bonchev–Trinajstić information content (AvgIpc) is 2.61. The minimum absolute atomic E-state index is 0.217.